The van der Waals surface area contributed by atoms with Crippen molar-refractivity contribution in [3.63, 3.8) is 0 Å². The highest BCUT2D eigenvalue weighted by Gasteiger charge is 2.62. The molecule has 0 atom stereocenters. The van der Waals surface area contributed by atoms with Gasteiger partial charge in [-0.2, -0.15) is 13.2 Å². The van der Waals surface area contributed by atoms with Crippen LogP contribution in [0, 0.1) is 0 Å². The first-order valence-corrected chi connectivity index (χ1v) is 6.58. The lowest BCUT2D eigenvalue weighted by Crippen LogP contribution is -2.44. The normalized spacial score (nSPS) is 18.8. The first-order chi connectivity index (χ1) is 7.34. The Morgan fingerprint density at radius 1 is 1.50 bits per heavy atom. The Morgan fingerprint density at radius 2 is 2.12 bits per heavy atom. The Balaban J connectivity index is 1.98. The molecule has 1 aromatic rings. The van der Waals surface area contributed by atoms with Crippen molar-refractivity contribution >= 4 is 38.9 Å². The minimum absolute atomic E-state index is 0.163. The molecule has 1 aliphatic rings. The van der Waals surface area contributed by atoms with E-state index in [9.17, 15) is 13.2 Å². The topological polar surface area (TPSA) is 12.0 Å². The van der Waals surface area contributed by atoms with Crippen LogP contribution in [0.2, 0.25) is 4.34 Å². The number of halogens is 5. The molecule has 0 spiro atoms. The Kier molecular flexibility index (Phi) is 3.29. The standard InChI is InChI=1S/C9H8BrClF3NS/c10-6-3-5(16-7(6)11)4-15-8(1-2-8)9(12,13)14/h3,15H,1-2,4H2. The van der Waals surface area contributed by atoms with E-state index in [2.05, 4.69) is 21.2 Å². The molecule has 0 radical (unpaired) electrons. The van der Waals surface area contributed by atoms with E-state index >= 15 is 0 Å². The summed E-state index contributed by atoms with van der Waals surface area (Å²) >= 11 is 10.3. The second-order valence-electron chi connectivity index (χ2n) is 3.77. The average molecular weight is 335 g/mol. The molecule has 2 rings (SSSR count). The van der Waals surface area contributed by atoms with Gasteiger partial charge in [-0.3, -0.25) is 5.32 Å². The lowest BCUT2D eigenvalue weighted by molar-refractivity contribution is -0.166. The summed E-state index contributed by atoms with van der Waals surface area (Å²) in [5.41, 5.74) is -1.66. The summed E-state index contributed by atoms with van der Waals surface area (Å²) in [6.07, 6.45) is -3.83. The highest BCUT2D eigenvalue weighted by molar-refractivity contribution is 9.10. The summed E-state index contributed by atoms with van der Waals surface area (Å²) in [5.74, 6) is 0. The fourth-order valence-electron chi connectivity index (χ4n) is 1.42. The van der Waals surface area contributed by atoms with Crippen molar-refractivity contribution < 1.29 is 13.2 Å². The molecule has 16 heavy (non-hydrogen) atoms. The number of alkyl halides is 3. The number of hydrogen-bond donors (Lipinski definition) is 1. The van der Waals surface area contributed by atoms with Gasteiger partial charge in [-0.05, 0) is 34.8 Å². The van der Waals surface area contributed by atoms with Crippen LogP contribution in [0.4, 0.5) is 13.2 Å². The monoisotopic (exact) mass is 333 g/mol. The van der Waals surface area contributed by atoms with Crippen LogP contribution in [0.15, 0.2) is 10.5 Å². The van der Waals surface area contributed by atoms with Crippen LogP contribution in [0.3, 0.4) is 0 Å². The molecule has 0 amide bonds. The second-order valence-corrected chi connectivity index (χ2v) is 6.36. The summed E-state index contributed by atoms with van der Waals surface area (Å²) in [5, 5.41) is 2.57. The van der Waals surface area contributed by atoms with E-state index in [0.717, 1.165) is 9.35 Å². The third kappa shape index (κ3) is 2.39. The van der Waals surface area contributed by atoms with Gasteiger partial charge in [0.15, 0.2) is 0 Å². The SMILES string of the molecule is FC(F)(F)C1(NCc2cc(Br)c(Cl)s2)CC1. The average Bonchev–Trinajstić information content (AvgIpc) is 2.88. The van der Waals surface area contributed by atoms with Gasteiger partial charge >= 0.3 is 6.18 Å². The fourth-order valence-corrected chi connectivity index (χ4v) is 3.15. The second kappa shape index (κ2) is 4.15. The molecule has 0 aliphatic heterocycles. The van der Waals surface area contributed by atoms with Crippen molar-refractivity contribution in [2.45, 2.75) is 31.1 Å². The first-order valence-electron chi connectivity index (χ1n) is 4.59. The van der Waals surface area contributed by atoms with E-state index in [0.29, 0.717) is 4.34 Å². The van der Waals surface area contributed by atoms with Crippen LogP contribution in [0.5, 0.6) is 0 Å². The molecule has 0 unspecified atom stereocenters. The summed E-state index contributed by atoms with van der Waals surface area (Å²) in [4.78, 5) is 0.799. The lowest BCUT2D eigenvalue weighted by Gasteiger charge is -2.20. The molecule has 0 bridgehead atoms. The number of nitrogens with one attached hydrogen (secondary N) is 1. The van der Waals surface area contributed by atoms with Crippen LogP contribution < -0.4 is 5.32 Å². The number of thiophene rings is 1. The Morgan fingerprint density at radius 3 is 2.50 bits per heavy atom. The van der Waals surface area contributed by atoms with Crippen LogP contribution in [-0.4, -0.2) is 11.7 Å². The molecule has 0 aromatic carbocycles. The molecule has 1 saturated carbocycles. The van der Waals surface area contributed by atoms with Crippen molar-refractivity contribution in [3.8, 4) is 0 Å². The Bertz CT molecular complexity index is 380. The third-order valence-corrected chi connectivity index (χ3v) is 5.06. The molecule has 1 N–H and O–H groups in total. The maximum absolute atomic E-state index is 12.6. The van der Waals surface area contributed by atoms with Crippen molar-refractivity contribution in [3.05, 3.63) is 19.8 Å². The fraction of sp³-hybridized carbons (Fsp3) is 0.556. The molecule has 1 aromatic heterocycles. The molecule has 1 heterocycles. The van der Waals surface area contributed by atoms with Crippen LogP contribution in [0.1, 0.15) is 17.7 Å². The third-order valence-electron chi connectivity index (χ3n) is 2.59. The molecule has 1 aliphatic carbocycles. The molecule has 0 saturated heterocycles. The van der Waals surface area contributed by atoms with E-state index in [-0.39, 0.29) is 19.4 Å². The molecule has 90 valence electrons. The van der Waals surface area contributed by atoms with Gasteiger partial charge in [0.05, 0.1) is 0 Å². The van der Waals surface area contributed by atoms with E-state index in [1.165, 1.54) is 11.3 Å². The zero-order chi connectivity index (χ0) is 12.0. The largest absolute Gasteiger partial charge is 0.406 e. The van der Waals surface area contributed by atoms with Crippen molar-refractivity contribution in [2.75, 3.05) is 0 Å². The predicted molar refractivity (Wildman–Crippen MR) is 61.9 cm³/mol. The van der Waals surface area contributed by atoms with Gasteiger partial charge in [-0.25, -0.2) is 0 Å². The van der Waals surface area contributed by atoms with Gasteiger partial charge < -0.3 is 0 Å². The summed E-state index contributed by atoms with van der Waals surface area (Å²) in [6, 6.07) is 1.74. The maximum Gasteiger partial charge on any atom is 0.406 e. The smallest absolute Gasteiger partial charge is 0.299 e. The minimum Gasteiger partial charge on any atom is -0.299 e. The van der Waals surface area contributed by atoms with Crippen LogP contribution in [0.25, 0.3) is 0 Å². The van der Waals surface area contributed by atoms with Crippen LogP contribution in [-0.2, 0) is 6.54 Å². The molecule has 1 fully saturated rings. The van der Waals surface area contributed by atoms with E-state index in [1.807, 2.05) is 0 Å². The maximum atomic E-state index is 12.6. The van der Waals surface area contributed by atoms with E-state index in [1.54, 1.807) is 6.07 Å². The van der Waals surface area contributed by atoms with Crippen LogP contribution >= 0.6 is 38.9 Å². The molecular weight excluding hydrogens is 327 g/mol. The lowest BCUT2D eigenvalue weighted by atomic mass is 10.2. The number of hydrogen-bond acceptors (Lipinski definition) is 2. The van der Waals surface area contributed by atoms with Gasteiger partial charge in [-0.15, -0.1) is 11.3 Å². The summed E-state index contributed by atoms with van der Waals surface area (Å²) < 4.78 is 39.1. The molecule has 7 heteroatoms. The van der Waals surface area contributed by atoms with Crippen molar-refractivity contribution in [1.82, 2.24) is 5.32 Å². The van der Waals surface area contributed by atoms with Gasteiger partial charge in [0.1, 0.15) is 9.88 Å². The zero-order valence-corrected chi connectivity index (χ0v) is 11.2. The quantitative estimate of drug-likeness (QED) is 0.866. The van der Waals surface area contributed by atoms with Gasteiger partial charge in [-0.1, -0.05) is 11.6 Å². The summed E-state index contributed by atoms with van der Waals surface area (Å²) in [6.45, 7) is 0.204. The van der Waals surface area contributed by atoms with E-state index < -0.39 is 11.7 Å². The highest BCUT2D eigenvalue weighted by Crippen LogP contribution is 2.49. The van der Waals surface area contributed by atoms with Gasteiger partial charge in [0.25, 0.3) is 0 Å². The Labute approximate surface area is 108 Å². The number of rotatable bonds is 3. The van der Waals surface area contributed by atoms with Gasteiger partial charge in [0, 0.05) is 15.9 Å². The predicted octanol–water partition coefficient (Wildman–Crippen LogP) is 4.35. The molecule has 1 nitrogen and oxygen atoms in total. The minimum atomic E-state index is -4.16. The Hall–Kier alpha value is 0.220. The summed E-state index contributed by atoms with van der Waals surface area (Å²) in [7, 11) is 0. The van der Waals surface area contributed by atoms with Crippen molar-refractivity contribution in [2.24, 2.45) is 0 Å². The highest BCUT2D eigenvalue weighted by atomic mass is 79.9. The molecular formula is C9H8BrClF3NS. The first kappa shape index (κ1) is 12.7. The van der Waals surface area contributed by atoms with Gasteiger partial charge in [0.2, 0.25) is 0 Å². The zero-order valence-electron chi connectivity index (χ0n) is 8.00. The van der Waals surface area contributed by atoms with Crippen molar-refractivity contribution in [1.29, 1.82) is 0 Å². The van der Waals surface area contributed by atoms with E-state index in [4.69, 9.17) is 11.6 Å².